The second-order valence-electron chi connectivity index (χ2n) is 3.99. The average Bonchev–Trinajstić information content (AvgIpc) is 2.46. The first-order chi connectivity index (χ1) is 9.19. The molecule has 98 valence electrons. The Bertz CT molecular complexity index is 549. The molecular weight excluding hydrogens is 306 g/mol. The predicted octanol–water partition coefficient (Wildman–Crippen LogP) is 3.24. The Morgan fingerprint density at radius 2 is 1.58 bits per heavy atom. The summed E-state index contributed by atoms with van der Waals surface area (Å²) in [5, 5.41) is 2.51. The summed E-state index contributed by atoms with van der Waals surface area (Å²) in [7, 11) is 1.59. The van der Waals surface area contributed by atoms with Gasteiger partial charge in [0.25, 0.3) is 5.91 Å². The zero-order valence-electron chi connectivity index (χ0n) is 10.5. The summed E-state index contributed by atoms with van der Waals surface area (Å²) in [5.41, 5.74) is 2.25. The lowest BCUT2D eigenvalue weighted by Gasteiger charge is -2.06. The first-order valence-electron chi connectivity index (χ1n) is 5.88. The molecule has 1 amide bonds. The lowest BCUT2D eigenvalue weighted by molar-refractivity contribution is -0.122. The van der Waals surface area contributed by atoms with Crippen LogP contribution in [0.25, 0.3) is 11.1 Å². The van der Waals surface area contributed by atoms with Crippen LogP contribution in [0.4, 0.5) is 0 Å². The molecule has 0 aliphatic heterocycles. The van der Waals surface area contributed by atoms with Crippen molar-refractivity contribution in [2.75, 3.05) is 13.7 Å². The summed E-state index contributed by atoms with van der Waals surface area (Å²) in [6.45, 7) is 0.0358. The van der Waals surface area contributed by atoms with Crippen LogP contribution in [0, 0.1) is 0 Å². The van der Waals surface area contributed by atoms with Gasteiger partial charge in [-0.1, -0.05) is 40.2 Å². The molecule has 0 heterocycles. The smallest absolute Gasteiger partial charge is 0.257 e. The van der Waals surface area contributed by atoms with Crippen molar-refractivity contribution in [3.8, 4) is 16.9 Å². The highest BCUT2D eigenvalue weighted by Gasteiger charge is 2.01. The highest BCUT2D eigenvalue weighted by Crippen LogP contribution is 2.23. The van der Waals surface area contributed by atoms with Gasteiger partial charge in [0, 0.05) is 11.5 Å². The first kappa shape index (κ1) is 13.6. The number of hydrogen-bond acceptors (Lipinski definition) is 2. The Labute approximate surface area is 120 Å². The minimum absolute atomic E-state index is 0.0358. The highest BCUT2D eigenvalue weighted by molar-refractivity contribution is 9.10. The largest absolute Gasteiger partial charge is 0.484 e. The van der Waals surface area contributed by atoms with Crippen molar-refractivity contribution >= 4 is 21.8 Å². The van der Waals surface area contributed by atoms with Gasteiger partial charge in [0.1, 0.15) is 5.75 Å². The summed E-state index contributed by atoms with van der Waals surface area (Å²) in [5.74, 6) is 0.543. The molecule has 1 N–H and O–H groups in total. The van der Waals surface area contributed by atoms with Crippen LogP contribution in [0.5, 0.6) is 5.75 Å². The quantitative estimate of drug-likeness (QED) is 0.939. The molecule has 0 aromatic heterocycles. The number of carbonyl (C=O) groups is 1. The van der Waals surface area contributed by atoms with Crippen LogP contribution >= 0.6 is 15.9 Å². The van der Waals surface area contributed by atoms with Crippen LogP contribution in [-0.2, 0) is 4.79 Å². The number of halogens is 1. The normalized spacial score (nSPS) is 10.0. The van der Waals surface area contributed by atoms with Crippen LogP contribution in [0.2, 0.25) is 0 Å². The maximum Gasteiger partial charge on any atom is 0.257 e. The number of benzene rings is 2. The number of rotatable bonds is 4. The Kier molecular flexibility index (Phi) is 4.58. The van der Waals surface area contributed by atoms with E-state index in [0.717, 1.165) is 15.6 Å². The molecule has 0 spiro atoms. The maximum atomic E-state index is 11.1. The summed E-state index contributed by atoms with van der Waals surface area (Å²) >= 11 is 3.41. The lowest BCUT2D eigenvalue weighted by Crippen LogP contribution is -2.24. The number of carbonyl (C=O) groups excluding carboxylic acids is 1. The predicted molar refractivity (Wildman–Crippen MR) is 79.1 cm³/mol. The van der Waals surface area contributed by atoms with Crippen molar-refractivity contribution in [3.05, 3.63) is 53.0 Å². The van der Waals surface area contributed by atoms with Crippen molar-refractivity contribution < 1.29 is 9.53 Å². The molecule has 3 nitrogen and oxygen atoms in total. The van der Waals surface area contributed by atoms with Crippen LogP contribution < -0.4 is 10.1 Å². The lowest BCUT2D eigenvalue weighted by atomic mass is 10.1. The van der Waals surface area contributed by atoms with E-state index in [1.807, 2.05) is 48.5 Å². The van der Waals surface area contributed by atoms with Gasteiger partial charge in [-0.05, 0) is 35.4 Å². The molecule has 0 unspecified atom stereocenters. The molecule has 0 radical (unpaired) electrons. The fraction of sp³-hybridized carbons (Fsp3) is 0.133. The minimum Gasteiger partial charge on any atom is -0.484 e. The summed E-state index contributed by atoms with van der Waals surface area (Å²) in [6, 6.07) is 15.8. The fourth-order valence-corrected chi connectivity index (χ4v) is 1.87. The highest BCUT2D eigenvalue weighted by atomic mass is 79.9. The van der Waals surface area contributed by atoms with E-state index in [-0.39, 0.29) is 12.5 Å². The van der Waals surface area contributed by atoms with Gasteiger partial charge >= 0.3 is 0 Å². The molecule has 0 atom stereocenters. The van der Waals surface area contributed by atoms with Gasteiger partial charge in [-0.3, -0.25) is 4.79 Å². The standard InChI is InChI=1S/C15H14BrNO2/c1-17-15(18)10-19-14-8-4-12(5-9-14)11-2-6-13(16)7-3-11/h2-9H,10H2,1H3,(H,17,18). The van der Waals surface area contributed by atoms with Crippen LogP contribution in [0.3, 0.4) is 0 Å². The molecule has 2 aromatic carbocycles. The molecule has 2 aromatic rings. The Morgan fingerprint density at radius 3 is 2.11 bits per heavy atom. The topological polar surface area (TPSA) is 38.3 Å². The monoisotopic (exact) mass is 319 g/mol. The number of nitrogens with one attached hydrogen (secondary N) is 1. The van der Waals surface area contributed by atoms with E-state index in [1.54, 1.807) is 7.05 Å². The van der Waals surface area contributed by atoms with Crippen molar-refractivity contribution in [1.82, 2.24) is 5.32 Å². The Balaban J connectivity index is 2.06. The second-order valence-corrected chi connectivity index (χ2v) is 4.91. The molecule has 0 fully saturated rings. The molecule has 4 heteroatoms. The molecule has 0 bridgehead atoms. The first-order valence-corrected chi connectivity index (χ1v) is 6.68. The molecule has 0 saturated heterocycles. The molecule has 0 aliphatic carbocycles. The van der Waals surface area contributed by atoms with E-state index < -0.39 is 0 Å². The average molecular weight is 320 g/mol. The number of hydrogen-bond donors (Lipinski definition) is 1. The van der Waals surface area contributed by atoms with Gasteiger partial charge in [-0.25, -0.2) is 0 Å². The van der Waals surface area contributed by atoms with Crippen molar-refractivity contribution in [2.24, 2.45) is 0 Å². The minimum atomic E-state index is -0.142. The zero-order chi connectivity index (χ0) is 13.7. The SMILES string of the molecule is CNC(=O)COc1ccc(-c2ccc(Br)cc2)cc1. The van der Waals surface area contributed by atoms with E-state index in [4.69, 9.17) is 4.74 Å². The van der Waals surface area contributed by atoms with E-state index in [9.17, 15) is 4.79 Å². The molecule has 0 saturated carbocycles. The third kappa shape index (κ3) is 3.83. The molecular formula is C15H14BrNO2. The maximum absolute atomic E-state index is 11.1. The van der Waals surface area contributed by atoms with Crippen LogP contribution in [0.1, 0.15) is 0 Å². The van der Waals surface area contributed by atoms with Gasteiger partial charge in [-0.2, -0.15) is 0 Å². The van der Waals surface area contributed by atoms with E-state index in [2.05, 4.69) is 21.2 Å². The van der Waals surface area contributed by atoms with Gasteiger partial charge in [0.15, 0.2) is 6.61 Å². The van der Waals surface area contributed by atoms with E-state index >= 15 is 0 Å². The molecule has 0 aliphatic rings. The summed E-state index contributed by atoms with van der Waals surface area (Å²) in [6.07, 6.45) is 0. The Morgan fingerprint density at radius 1 is 1.05 bits per heavy atom. The second kappa shape index (κ2) is 6.38. The van der Waals surface area contributed by atoms with Crippen molar-refractivity contribution in [3.63, 3.8) is 0 Å². The fourth-order valence-electron chi connectivity index (χ4n) is 1.61. The summed E-state index contributed by atoms with van der Waals surface area (Å²) in [4.78, 5) is 11.1. The van der Waals surface area contributed by atoms with E-state index in [0.29, 0.717) is 5.75 Å². The summed E-state index contributed by atoms with van der Waals surface area (Å²) < 4.78 is 6.41. The van der Waals surface area contributed by atoms with Gasteiger partial charge in [0.2, 0.25) is 0 Å². The van der Waals surface area contributed by atoms with Crippen LogP contribution in [0.15, 0.2) is 53.0 Å². The van der Waals surface area contributed by atoms with E-state index in [1.165, 1.54) is 0 Å². The molecule has 19 heavy (non-hydrogen) atoms. The molecule has 2 rings (SSSR count). The Hall–Kier alpha value is -1.81. The number of likely N-dealkylation sites (N-methyl/N-ethyl adjacent to an activating group) is 1. The zero-order valence-corrected chi connectivity index (χ0v) is 12.1. The number of ether oxygens (including phenoxy) is 1. The third-order valence-electron chi connectivity index (χ3n) is 2.68. The van der Waals surface area contributed by atoms with Gasteiger partial charge in [0.05, 0.1) is 0 Å². The third-order valence-corrected chi connectivity index (χ3v) is 3.21. The number of amides is 1. The van der Waals surface area contributed by atoms with Crippen LogP contribution in [-0.4, -0.2) is 19.6 Å². The van der Waals surface area contributed by atoms with Crippen molar-refractivity contribution in [2.45, 2.75) is 0 Å². The van der Waals surface area contributed by atoms with Gasteiger partial charge in [-0.15, -0.1) is 0 Å². The van der Waals surface area contributed by atoms with Crippen molar-refractivity contribution in [1.29, 1.82) is 0 Å². The van der Waals surface area contributed by atoms with Gasteiger partial charge < -0.3 is 10.1 Å².